The molecule has 0 aliphatic rings. The molecule has 0 aromatic heterocycles. The quantitative estimate of drug-likeness (QED) is 0.818. The third-order valence-electron chi connectivity index (χ3n) is 2.63. The van der Waals surface area contributed by atoms with E-state index in [0.717, 1.165) is 5.56 Å². The van der Waals surface area contributed by atoms with Gasteiger partial charge in [0.2, 0.25) is 0 Å². The first-order valence-corrected chi connectivity index (χ1v) is 6.35. The van der Waals surface area contributed by atoms with Gasteiger partial charge < -0.3 is 11.1 Å². The van der Waals surface area contributed by atoms with Crippen LogP contribution < -0.4 is 11.1 Å². The van der Waals surface area contributed by atoms with Crippen LogP contribution in [0.5, 0.6) is 0 Å². The first-order chi connectivity index (χ1) is 8.97. The van der Waals surface area contributed by atoms with E-state index in [-0.39, 0.29) is 5.91 Å². The van der Waals surface area contributed by atoms with Gasteiger partial charge in [0.05, 0.1) is 22.0 Å². The Hall–Kier alpha value is -1.71. The zero-order valence-corrected chi connectivity index (χ0v) is 11.7. The van der Waals surface area contributed by atoms with Crippen molar-refractivity contribution in [3.63, 3.8) is 0 Å². The number of nitrogens with two attached hydrogens (primary N) is 1. The summed E-state index contributed by atoms with van der Waals surface area (Å²) in [5, 5.41) is 3.60. The summed E-state index contributed by atoms with van der Waals surface area (Å²) in [6, 6.07) is 10.1. The van der Waals surface area contributed by atoms with Crippen molar-refractivity contribution in [1.82, 2.24) is 0 Å². The van der Waals surface area contributed by atoms with Gasteiger partial charge in [0.1, 0.15) is 0 Å². The molecule has 0 aliphatic carbocycles. The molecule has 3 N–H and O–H groups in total. The SMILES string of the molecule is Cc1ccc(C(=O)Nc2cc(Cl)ccc2N)c(Cl)c1. The lowest BCUT2D eigenvalue weighted by Gasteiger charge is -2.10. The predicted molar refractivity (Wildman–Crippen MR) is 80.0 cm³/mol. The van der Waals surface area contributed by atoms with Crippen LogP contribution in [0.3, 0.4) is 0 Å². The monoisotopic (exact) mass is 294 g/mol. The van der Waals surface area contributed by atoms with Gasteiger partial charge in [-0.15, -0.1) is 0 Å². The minimum atomic E-state index is -0.320. The summed E-state index contributed by atoms with van der Waals surface area (Å²) in [4.78, 5) is 12.1. The number of carbonyl (C=O) groups is 1. The van der Waals surface area contributed by atoms with Gasteiger partial charge >= 0.3 is 0 Å². The Kier molecular flexibility index (Phi) is 3.98. The standard InChI is InChI=1S/C14H12Cl2N2O/c1-8-2-4-10(11(16)6-8)14(19)18-13-7-9(15)3-5-12(13)17/h2-7H,17H2,1H3,(H,18,19). The van der Waals surface area contributed by atoms with Gasteiger partial charge in [-0.25, -0.2) is 0 Å². The zero-order chi connectivity index (χ0) is 14.0. The van der Waals surface area contributed by atoms with Crippen LogP contribution in [0, 0.1) is 6.92 Å². The number of nitrogens with one attached hydrogen (secondary N) is 1. The van der Waals surface area contributed by atoms with Gasteiger partial charge in [0, 0.05) is 5.02 Å². The normalized spacial score (nSPS) is 10.3. The number of hydrogen-bond donors (Lipinski definition) is 2. The molecule has 0 bridgehead atoms. The number of amides is 1. The molecule has 0 spiro atoms. The summed E-state index contributed by atoms with van der Waals surface area (Å²) in [6.07, 6.45) is 0. The number of anilines is 2. The second kappa shape index (κ2) is 5.51. The van der Waals surface area contributed by atoms with E-state index in [9.17, 15) is 4.79 Å². The van der Waals surface area contributed by atoms with Crippen molar-refractivity contribution < 1.29 is 4.79 Å². The van der Waals surface area contributed by atoms with Crippen LogP contribution in [0.15, 0.2) is 36.4 Å². The Morgan fingerprint density at radius 3 is 2.58 bits per heavy atom. The summed E-state index contributed by atoms with van der Waals surface area (Å²) in [5.74, 6) is -0.320. The summed E-state index contributed by atoms with van der Waals surface area (Å²) in [7, 11) is 0. The van der Waals surface area contributed by atoms with Crippen molar-refractivity contribution in [2.75, 3.05) is 11.1 Å². The molecule has 0 atom stereocenters. The number of carbonyl (C=O) groups excluding carboxylic acids is 1. The highest BCUT2D eigenvalue weighted by Crippen LogP contribution is 2.25. The fourth-order valence-corrected chi connectivity index (χ4v) is 2.12. The van der Waals surface area contributed by atoms with Crippen LogP contribution in [0.4, 0.5) is 11.4 Å². The van der Waals surface area contributed by atoms with E-state index in [0.29, 0.717) is 27.0 Å². The zero-order valence-electron chi connectivity index (χ0n) is 10.2. The Morgan fingerprint density at radius 2 is 1.89 bits per heavy atom. The molecule has 2 aromatic carbocycles. The van der Waals surface area contributed by atoms with Crippen molar-refractivity contribution in [1.29, 1.82) is 0 Å². The van der Waals surface area contributed by atoms with Crippen molar-refractivity contribution in [2.45, 2.75) is 6.92 Å². The van der Waals surface area contributed by atoms with E-state index in [2.05, 4.69) is 5.32 Å². The molecule has 0 saturated heterocycles. The molecule has 0 aliphatic heterocycles. The molecule has 5 heteroatoms. The largest absolute Gasteiger partial charge is 0.397 e. The van der Waals surface area contributed by atoms with Gasteiger partial charge in [0.15, 0.2) is 0 Å². The number of hydrogen-bond acceptors (Lipinski definition) is 2. The van der Waals surface area contributed by atoms with E-state index < -0.39 is 0 Å². The van der Waals surface area contributed by atoms with Gasteiger partial charge in [-0.1, -0.05) is 29.3 Å². The number of nitrogen functional groups attached to an aromatic ring is 1. The molecule has 0 heterocycles. The fraction of sp³-hybridized carbons (Fsp3) is 0.0714. The molecular formula is C14H12Cl2N2O. The van der Waals surface area contributed by atoms with Crippen molar-refractivity contribution in [2.24, 2.45) is 0 Å². The van der Waals surface area contributed by atoms with Gasteiger partial charge in [-0.05, 0) is 42.8 Å². The topological polar surface area (TPSA) is 55.1 Å². The Bertz CT molecular complexity index is 641. The minimum absolute atomic E-state index is 0.320. The molecule has 2 aromatic rings. The average molecular weight is 295 g/mol. The van der Waals surface area contributed by atoms with E-state index in [1.807, 2.05) is 13.0 Å². The van der Waals surface area contributed by atoms with E-state index in [4.69, 9.17) is 28.9 Å². The van der Waals surface area contributed by atoms with Gasteiger partial charge in [0.25, 0.3) is 5.91 Å². The first-order valence-electron chi connectivity index (χ1n) is 5.60. The van der Waals surface area contributed by atoms with Crippen LogP contribution in [0.2, 0.25) is 10.0 Å². The second-order valence-electron chi connectivity index (χ2n) is 4.17. The molecule has 98 valence electrons. The lowest BCUT2D eigenvalue weighted by Crippen LogP contribution is -2.13. The number of rotatable bonds is 2. The number of aryl methyl sites for hydroxylation is 1. The van der Waals surface area contributed by atoms with E-state index >= 15 is 0 Å². The summed E-state index contributed by atoms with van der Waals surface area (Å²) in [6.45, 7) is 1.91. The highest BCUT2D eigenvalue weighted by molar-refractivity contribution is 6.34. The van der Waals surface area contributed by atoms with Crippen LogP contribution in [-0.4, -0.2) is 5.91 Å². The smallest absolute Gasteiger partial charge is 0.257 e. The predicted octanol–water partition coefficient (Wildman–Crippen LogP) is 4.14. The maximum atomic E-state index is 12.1. The maximum absolute atomic E-state index is 12.1. The number of halogens is 2. The van der Waals surface area contributed by atoms with Crippen LogP contribution >= 0.6 is 23.2 Å². The Morgan fingerprint density at radius 1 is 1.16 bits per heavy atom. The molecule has 0 saturated carbocycles. The highest BCUT2D eigenvalue weighted by atomic mass is 35.5. The van der Waals surface area contributed by atoms with E-state index in [1.165, 1.54) is 0 Å². The highest BCUT2D eigenvalue weighted by Gasteiger charge is 2.12. The van der Waals surface area contributed by atoms with Crippen LogP contribution in [0.1, 0.15) is 15.9 Å². The summed E-state index contributed by atoms with van der Waals surface area (Å²) in [5.41, 5.74) is 8.07. The minimum Gasteiger partial charge on any atom is -0.397 e. The number of benzene rings is 2. The third-order valence-corrected chi connectivity index (χ3v) is 3.18. The molecule has 3 nitrogen and oxygen atoms in total. The molecule has 1 amide bonds. The molecule has 0 fully saturated rings. The molecule has 19 heavy (non-hydrogen) atoms. The van der Waals surface area contributed by atoms with Crippen LogP contribution in [0.25, 0.3) is 0 Å². The van der Waals surface area contributed by atoms with Crippen LogP contribution in [-0.2, 0) is 0 Å². The van der Waals surface area contributed by atoms with Crippen molar-refractivity contribution in [3.8, 4) is 0 Å². The summed E-state index contributed by atoms with van der Waals surface area (Å²) < 4.78 is 0. The van der Waals surface area contributed by atoms with Gasteiger partial charge in [-0.3, -0.25) is 4.79 Å². The van der Waals surface area contributed by atoms with Gasteiger partial charge in [-0.2, -0.15) is 0 Å². The Balaban J connectivity index is 2.28. The van der Waals surface area contributed by atoms with Crippen molar-refractivity contribution >= 4 is 40.5 Å². The lowest BCUT2D eigenvalue weighted by molar-refractivity contribution is 0.102. The fourth-order valence-electron chi connectivity index (χ4n) is 1.63. The third kappa shape index (κ3) is 3.19. The second-order valence-corrected chi connectivity index (χ2v) is 5.01. The molecule has 2 rings (SSSR count). The van der Waals surface area contributed by atoms with Crippen molar-refractivity contribution in [3.05, 3.63) is 57.6 Å². The molecule has 0 unspecified atom stereocenters. The lowest BCUT2D eigenvalue weighted by atomic mass is 10.1. The average Bonchev–Trinajstić information content (AvgIpc) is 2.33. The first kappa shape index (κ1) is 13.7. The molecular weight excluding hydrogens is 283 g/mol. The molecule has 0 radical (unpaired) electrons. The summed E-state index contributed by atoms with van der Waals surface area (Å²) >= 11 is 11.9. The van der Waals surface area contributed by atoms with E-state index in [1.54, 1.807) is 30.3 Å². The maximum Gasteiger partial charge on any atom is 0.257 e. The Labute approximate surface area is 121 Å².